The summed E-state index contributed by atoms with van der Waals surface area (Å²) in [7, 11) is 0. The number of rotatable bonds is 1. The van der Waals surface area contributed by atoms with Crippen LogP contribution < -0.4 is 10.6 Å². The lowest BCUT2D eigenvalue weighted by Gasteiger charge is -2.16. The fraction of sp³-hybridized carbons (Fsp3) is 0.154. The van der Waals surface area contributed by atoms with E-state index in [1.165, 1.54) is 16.9 Å². The van der Waals surface area contributed by atoms with Gasteiger partial charge in [-0.2, -0.15) is 0 Å². The van der Waals surface area contributed by atoms with Crippen molar-refractivity contribution in [3.63, 3.8) is 0 Å². The molecule has 2 N–H and O–H groups in total. The molecule has 5 heteroatoms. The van der Waals surface area contributed by atoms with Crippen molar-refractivity contribution in [2.45, 2.75) is 6.42 Å². The number of nitrogens with two attached hydrogens (primary N) is 1. The van der Waals surface area contributed by atoms with E-state index in [0.29, 0.717) is 21.4 Å². The van der Waals surface area contributed by atoms with Crippen LogP contribution in [0, 0.1) is 0 Å². The molecule has 92 valence electrons. The summed E-state index contributed by atoms with van der Waals surface area (Å²) in [5, 5.41) is 0. The van der Waals surface area contributed by atoms with Gasteiger partial charge >= 0.3 is 0 Å². The van der Waals surface area contributed by atoms with Crippen LogP contribution in [0.25, 0.3) is 0 Å². The van der Waals surface area contributed by atoms with E-state index in [1.807, 2.05) is 18.2 Å². The molecule has 1 amide bonds. The smallest absolute Gasteiger partial charge is 0.268 e. The number of carbonyl (C=O) groups excluding carboxylic acids is 1. The largest absolute Gasteiger partial charge is 0.399 e. The van der Waals surface area contributed by atoms with Gasteiger partial charge in [0.05, 0.1) is 9.21 Å². The summed E-state index contributed by atoms with van der Waals surface area (Å²) in [6, 6.07) is 9.22. The first-order chi connectivity index (χ1) is 8.65. The summed E-state index contributed by atoms with van der Waals surface area (Å²) in [4.78, 5) is 14.8. The number of anilines is 2. The van der Waals surface area contributed by atoms with E-state index in [1.54, 1.807) is 17.0 Å². The van der Waals surface area contributed by atoms with Crippen molar-refractivity contribution in [1.82, 2.24) is 0 Å². The molecule has 2 aromatic rings. The molecule has 1 aromatic carbocycles. The van der Waals surface area contributed by atoms with Gasteiger partial charge in [-0.25, -0.2) is 0 Å². The van der Waals surface area contributed by atoms with Gasteiger partial charge in [0.2, 0.25) is 0 Å². The van der Waals surface area contributed by atoms with Gasteiger partial charge in [-0.05, 0) is 36.2 Å². The summed E-state index contributed by atoms with van der Waals surface area (Å²) in [6.07, 6.45) is 0.875. The Morgan fingerprint density at radius 3 is 2.89 bits per heavy atom. The molecule has 0 spiro atoms. The Kier molecular flexibility index (Phi) is 2.76. The standard InChI is InChI=1S/C13H11ClN2OS/c14-12-4-3-11(18-12)13(17)16-6-5-8-1-2-9(15)7-10(8)16/h1-4,7H,5-6,15H2. The van der Waals surface area contributed by atoms with Crippen LogP contribution in [0.2, 0.25) is 4.34 Å². The normalized spacial score (nSPS) is 13.7. The molecule has 18 heavy (non-hydrogen) atoms. The Morgan fingerprint density at radius 1 is 1.33 bits per heavy atom. The molecular weight excluding hydrogens is 268 g/mol. The summed E-state index contributed by atoms with van der Waals surface area (Å²) in [6.45, 7) is 0.702. The second-order valence-corrected chi connectivity index (χ2v) is 5.91. The second kappa shape index (κ2) is 4.30. The highest BCUT2D eigenvalue weighted by Crippen LogP contribution is 2.32. The Morgan fingerprint density at radius 2 is 2.17 bits per heavy atom. The fourth-order valence-corrected chi connectivity index (χ4v) is 3.16. The highest BCUT2D eigenvalue weighted by atomic mass is 35.5. The minimum Gasteiger partial charge on any atom is -0.399 e. The molecule has 0 radical (unpaired) electrons. The van der Waals surface area contributed by atoms with Crippen LogP contribution in [0.4, 0.5) is 11.4 Å². The maximum absolute atomic E-state index is 12.4. The number of nitrogen functional groups attached to an aromatic ring is 1. The Bertz CT molecular complexity index is 623. The first-order valence-corrected chi connectivity index (χ1v) is 6.80. The quantitative estimate of drug-likeness (QED) is 0.815. The lowest BCUT2D eigenvalue weighted by molar-refractivity contribution is 0.0993. The molecule has 3 nitrogen and oxygen atoms in total. The third-order valence-corrected chi connectivity index (χ3v) is 4.25. The first-order valence-electron chi connectivity index (χ1n) is 5.61. The molecule has 0 bridgehead atoms. The van der Waals surface area contributed by atoms with Crippen LogP contribution in [-0.4, -0.2) is 12.5 Å². The predicted molar refractivity (Wildman–Crippen MR) is 75.6 cm³/mol. The number of thiophene rings is 1. The Hall–Kier alpha value is -1.52. The van der Waals surface area contributed by atoms with Crippen LogP contribution in [-0.2, 0) is 6.42 Å². The SMILES string of the molecule is Nc1ccc2c(c1)N(C(=O)c1ccc(Cl)s1)CC2. The molecule has 0 unspecified atom stereocenters. The average Bonchev–Trinajstić information content (AvgIpc) is 2.94. The minimum absolute atomic E-state index is 0.00347. The number of carbonyl (C=O) groups is 1. The molecule has 0 fully saturated rings. The molecule has 0 saturated heterocycles. The summed E-state index contributed by atoms with van der Waals surface area (Å²) >= 11 is 7.17. The average molecular weight is 279 g/mol. The number of benzene rings is 1. The van der Waals surface area contributed by atoms with Crippen LogP contribution in [0.15, 0.2) is 30.3 Å². The molecule has 0 atom stereocenters. The molecular formula is C13H11ClN2OS. The van der Waals surface area contributed by atoms with Gasteiger partial charge in [0.15, 0.2) is 0 Å². The van der Waals surface area contributed by atoms with Crippen molar-refractivity contribution in [2.75, 3.05) is 17.2 Å². The van der Waals surface area contributed by atoms with Gasteiger partial charge in [0, 0.05) is 17.9 Å². The van der Waals surface area contributed by atoms with Crippen LogP contribution in [0.1, 0.15) is 15.2 Å². The number of fused-ring (bicyclic) bond motifs is 1. The van der Waals surface area contributed by atoms with E-state index in [2.05, 4.69) is 0 Å². The summed E-state index contributed by atoms with van der Waals surface area (Å²) in [5.41, 5.74) is 8.55. The lowest BCUT2D eigenvalue weighted by Crippen LogP contribution is -2.28. The van der Waals surface area contributed by atoms with Crippen molar-refractivity contribution >= 4 is 40.2 Å². The predicted octanol–water partition coefficient (Wildman–Crippen LogP) is 3.19. The van der Waals surface area contributed by atoms with Gasteiger partial charge in [-0.15, -0.1) is 11.3 Å². The number of amides is 1. The monoisotopic (exact) mass is 278 g/mol. The Balaban J connectivity index is 1.96. The zero-order valence-corrected chi connectivity index (χ0v) is 11.1. The zero-order valence-electron chi connectivity index (χ0n) is 9.52. The van der Waals surface area contributed by atoms with Crippen molar-refractivity contribution < 1.29 is 4.79 Å². The molecule has 3 rings (SSSR count). The van der Waals surface area contributed by atoms with Gasteiger partial charge in [0.1, 0.15) is 0 Å². The maximum Gasteiger partial charge on any atom is 0.268 e. The summed E-state index contributed by atoms with van der Waals surface area (Å²) < 4.78 is 0.630. The van der Waals surface area contributed by atoms with E-state index in [0.717, 1.165) is 12.1 Å². The third-order valence-electron chi connectivity index (χ3n) is 3.03. The summed E-state index contributed by atoms with van der Waals surface area (Å²) in [5.74, 6) is -0.00347. The van der Waals surface area contributed by atoms with Crippen molar-refractivity contribution in [1.29, 1.82) is 0 Å². The van der Waals surface area contributed by atoms with E-state index in [9.17, 15) is 4.79 Å². The van der Waals surface area contributed by atoms with E-state index < -0.39 is 0 Å². The number of nitrogens with zero attached hydrogens (tertiary/aromatic N) is 1. The van der Waals surface area contributed by atoms with Crippen molar-refractivity contribution in [3.8, 4) is 0 Å². The molecule has 1 aliphatic rings. The highest BCUT2D eigenvalue weighted by Gasteiger charge is 2.26. The fourth-order valence-electron chi connectivity index (χ4n) is 2.17. The van der Waals surface area contributed by atoms with Crippen molar-refractivity contribution in [3.05, 3.63) is 45.1 Å². The number of hydrogen-bond acceptors (Lipinski definition) is 3. The third kappa shape index (κ3) is 1.87. The number of halogens is 1. The Labute approximate surface area is 114 Å². The van der Waals surface area contributed by atoms with Crippen molar-refractivity contribution in [2.24, 2.45) is 0 Å². The van der Waals surface area contributed by atoms with Gasteiger partial charge in [-0.3, -0.25) is 4.79 Å². The maximum atomic E-state index is 12.4. The molecule has 0 aliphatic carbocycles. The lowest BCUT2D eigenvalue weighted by atomic mass is 10.1. The van der Waals surface area contributed by atoms with Gasteiger partial charge in [0.25, 0.3) is 5.91 Å². The van der Waals surface area contributed by atoms with Gasteiger partial charge in [-0.1, -0.05) is 17.7 Å². The van der Waals surface area contributed by atoms with Crippen LogP contribution in [0.5, 0.6) is 0 Å². The molecule has 1 aliphatic heterocycles. The zero-order chi connectivity index (χ0) is 12.7. The van der Waals surface area contributed by atoms with E-state index >= 15 is 0 Å². The first kappa shape index (κ1) is 11.6. The number of hydrogen-bond donors (Lipinski definition) is 1. The van der Waals surface area contributed by atoms with E-state index in [4.69, 9.17) is 17.3 Å². The van der Waals surface area contributed by atoms with E-state index in [-0.39, 0.29) is 5.91 Å². The molecule has 0 saturated carbocycles. The highest BCUT2D eigenvalue weighted by molar-refractivity contribution is 7.18. The second-order valence-electron chi connectivity index (χ2n) is 4.20. The topological polar surface area (TPSA) is 46.3 Å². The molecule has 1 aromatic heterocycles. The van der Waals surface area contributed by atoms with Gasteiger partial charge < -0.3 is 10.6 Å². The van der Waals surface area contributed by atoms with Crippen LogP contribution in [0.3, 0.4) is 0 Å². The molecule has 2 heterocycles. The minimum atomic E-state index is -0.00347. The van der Waals surface area contributed by atoms with Crippen LogP contribution >= 0.6 is 22.9 Å².